The van der Waals surface area contributed by atoms with E-state index in [1.54, 1.807) is 36.0 Å². The summed E-state index contributed by atoms with van der Waals surface area (Å²) in [6, 6.07) is 7.51. The van der Waals surface area contributed by atoms with Gasteiger partial charge in [0.15, 0.2) is 5.69 Å². The number of likely N-dealkylation sites (N-methyl/N-ethyl adjacent to an activating group) is 1. The van der Waals surface area contributed by atoms with Crippen molar-refractivity contribution in [2.75, 3.05) is 20.7 Å². The van der Waals surface area contributed by atoms with Gasteiger partial charge in [0.2, 0.25) is 0 Å². The van der Waals surface area contributed by atoms with Crippen molar-refractivity contribution in [3.63, 3.8) is 0 Å². The predicted molar refractivity (Wildman–Crippen MR) is 95.2 cm³/mol. The summed E-state index contributed by atoms with van der Waals surface area (Å²) in [7, 11) is 3.32. The van der Waals surface area contributed by atoms with Gasteiger partial charge in [0, 0.05) is 19.8 Å². The second kappa shape index (κ2) is 6.88. The maximum Gasteiger partial charge on any atom is 0.274 e. The average molecular weight is 343 g/mol. The standard InChI is InChI=1S/C19H25N3O3/c1-14-6-7-17(25-3)16(12-14)22-11-8-15(20-22)18(23)21(2)13-19(24)9-4-5-10-19/h6-8,11-12,24H,4-5,9-10,13H2,1-3H3. The van der Waals surface area contributed by atoms with Crippen molar-refractivity contribution in [1.29, 1.82) is 0 Å². The number of carbonyl (C=O) groups excluding carboxylic acids is 1. The van der Waals surface area contributed by atoms with E-state index in [1.165, 1.54) is 0 Å². The van der Waals surface area contributed by atoms with E-state index >= 15 is 0 Å². The van der Waals surface area contributed by atoms with E-state index in [-0.39, 0.29) is 5.91 Å². The summed E-state index contributed by atoms with van der Waals surface area (Å²) in [6.07, 6.45) is 5.28. The molecular formula is C19H25N3O3. The van der Waals surface area contributed by atoms with Crippen LogP contribution in [0.25, 0.3) is 5.69 Å². The van der Waals surface area contributed by atoms with Gasteiger partial charge in [-0.1, -0.05) is 18.9 Å². The number of ether oxygens (including phenoxy) is 1. The molecule has 1 aliphatic carbocycles. The van der Waals surface area contributed by atoms with Gasteiger partial charge in [-0.25, -0.2) is 4.68 Å². The fourth-order valence-corrected chi connectivity index (χ4v) is 3.45. The number of amides is 1. The van der Waals surface area contributed by atoms with Crippen molar-refractivity contribution >= 4 is 5.91 Å². The predicted octanol–water partition coefficient (Wildman–Crippen LogP) is 2.57. The lowest BCUT2D eigenvalue weighted by molar-refractivity contribution is 0.0154. The summed E-state index contributed by atoms with van der Waals surface area (Å²) in [5, 5.41) is 14.9. The van der Waals surface area contributed by atoms with Crippen LogP contribution in [-0.2, 0) is 0 Å². The lowest BCUT2D eigenvalue weighted by atomic mass is 10.0. The molecule has 0 aliphatic heterocycles. The highest BCUT2D eigenvalue weighted by Gasteiger charge is 2.34. The third-order valence-corrected chi connectivity index (χ3v) is 4.80. The first-order chi connectivity index (χ1) is 11.9. The molecule has 134 valence electrons. The molecule has 2 aromatic rings. The summed E-state index contributed by atoms with van der Waals surface area (Å²) >= 11 is 0. The Labute approximate surface area is 148 Å². The highest BCUT2D eigenvalue weighted by atomic mass is 16.5. The van der Waals surface area contributed by atoms with Crippen LogP contribution in [0.5, 0.6) is 5.75 Å². The number of benzene rings is 1. The summed E-state index contributed by atoms with van der Waals surface area (Å²) < 4.78 is 7.03. The highest BCUT2D eigenvalue weighted by Crippen LogP contribution is 2.30. The fraction of sp³-hybridized carbons (Fsp3) is 0.474. The molecule has 1 aromatic carbocycles. The van der Waals surface area contributed by atoms with Crippen molar-refractivity contribution in [3.8, 4) is 11.4 Å². The second-order valence-corrected chi connectivity index (χ2v) is 6.91. The van der Waals surface area contributed by atoms with Crippen LogP contribution in [-0.4, -0.2) is 52.0 Å². The van der Waals surface area contributed by atoms with Gasteiger partial charge in [-0.3, -0.25) is 4.79 Å². The Balaban J connectivity index is 1.79. The van der Waals surface area contributed by atoms with Crippen LogP contribution in [0.3, 0.4) is 0 Å². The summed E-state index contributed by atoms with van der Waals surface area (Å²) in [5.74, 6) is 0.506. The van der Waals surface area contributed by atoms with E-state index in [2.05, 4.69) is 5.10 Å². The van der Waals surface area contributed by atoms with Gasteiger partial charge in [0.1, 0.15) is 11.4 Å². The molecule has 25 heavy (non-hydrogen) atoms. The smallest absolute Gasteiger partial charge is 0.274 e. The number of methoxy groups -OCH3 is 1. The molecule has 6 nitrogen and oxygen atoms in total. The molecule has 1 saturated carbocycles. The van der Waals surface area contributed by atoms with Crippen LogP contribution in [0.1, 0.15) is 41.7 Å². The molecule has 1 heterocycles. The Morgan fingerprint density at radius 3 is 2.76 bits per heavy atom. The molecule has 0 bridgehead atoms. The van der Waals surface area contributed by atoms with Crippen LogP contribution >= 0.6 is 0 Å². The Morgan fingerprint density at radius 2 is 2.08 bits per heavy atom. The number of hydrogen-bond donors (Lipinski definition) is 1. The van der Waals surface area contributed by atoms with Crippen LogP contribution in [0.15, 0.2) is 30.5 Å². The number of hydrogen-bond acceptors (Lipinski definition) is 4. The van der Waals surface area contributed by atoms with Gasteiger partial charge >= 0.3 is 0 Å². The number of aliphatic hydroxyl groups is 1. The van der Waals surface area contributed by atoms with Crippen LogP contribution in [0, 0.1) is 6.92 Å². The number of carbonyl (C=O) groups is 1. The van der Waals surface area contributed by atoms with Crippen molar-refractivity contribution in [1.82, 2.24) is 14.7 Å². The molecule has 3 rings (SSSR count). The van der Waals surface area contributed by atoms with Crippen molar-refractivity contribution in [2.45, 2.75) is 38.2 Å². The summed E-state index contributed by atoms with van der Waals surface area (Å²) in [6.45, 7) is 2.33. The Kier molecular flexibility index (Phi) is 4.81. The van der Waals surface area contributed by atoms with E-state index in [1.807, 2.05) is 25.1 Å². The van der Waals surface area contributed by atoms with Crippen LogP contribution < -0.4 is 4.74 Å². The van der Waals surface area contributed by atoms with E-state index < -0.39 is 5.60 Å². The first-order valence-electron chi connectivity index (χ1n) is 8.60. The van der Waals surface area contributed by atoms with Gasteiger partial charge < -0.3 is 14.7 Å². The maximum atomic E-state index is 12.6. The SMILES string of the molecule is COc1ccc(C)cc1-n1ccc(C(=O)N(C)CC2(O)CCCC2)n1. The van der Waals surface area contributed by atoms with Gasteiger partial charge in [-0.15, -0.1) is 0 Å². The number of nitrogens with zero attached hydrogens (tertiary/aromatic N) is 3. The summed E-state index contributed by atoms with van der Waals surface area (Å²) in [5.41, 5.74) is 1.47. The first kappa shape index (κ1) is 17.5. The quantitative estimate of drug-likeness (QED) is 0.906. The molecule has 1 fully saturated rings. The highest BCUT2D eigenvalue weighted by molar-refractivity contribution is 5.92. The minimum Gasteiger partial charge on any atom is -0.494 e. The number of rotatable bonds is 5. The largest absolute Gasteiger partial charge is 0.494 e. The van der Waals surface area contributed by atoms with Crippen molar-refractivity contribution in [3.05, 3.63) is 41.7 Å². The molecular weight excluding hydrogens is 318 g/mol. The summed E-state index contributed by atoms with van der Waals surface area (Å²) in [4.78, 5) is 14.2. The van der Waals surface area contributed by atoms with E-state index in [0.29, 0.717) is 18.0 Å². The molecule has 0 spiro atoms. The maximum absolute atomic E-state index is 12.6. The third-order valence-electron chi connectivity index (χ3n) is 4.80. The Morgan fingerprint density at radius 1 is 1.36 bits per heavy atom. The molecule has 0 atom stereocenters. The Hall–Kier alpha value is -2.34. The van der Waals surface area contributed by atoms with Gasteiger partial charge in [0.05, 0.1) is 12.7 Å². The van der Waals surface area contributed by atoms with E-state index in [0.717, 1.165) is 36.9 Å². The Bertz CT molecular complexity index is 763. The zero-order chi connectivity index (χ0) is 18.0. The molecule has 0 saturated heterocycles. The van der Waals surface area contributed by atoms with Crippen LogP contribution in [0.2, 0.25) is 0 Å². The zero-order valence-corrected chi connectivity index (χ0v) is 15.0. The first-order valence-corrected chi connectivity index (χ1v) is 8.60. The average Bonchev–Trinajstić information content (AvgIpc) is 3.23. The lowest BCUT2D eigenvalue weighted by Gasteiger charge is -2.28. The normalized spacial score (nSPS) is 16.0. The van der Waals surface area contributed by atoms with Crippen molar-refractivity contribution < 1.29 is 14.6 Å². The van der Waals surface area contributed by atoms with E-state index in [4.69, 9.17) is 4.74 Å². The van der Waals surface area contributed by atoms with Crippen LogP contribution in [0.4, 0.5) is 0 Å². The molecule has 1 aliphatic rings. The molecule has 1 aromatic heterocycles. The zero-order valence-electron chi connectivity index (χ0n) is 15.0. The second-order valence-electron chi connectivity index (χ2n) is 6.91. The van der Waals surface area contributed by atoms with Gasteiger partial charge in [-0.05, 0) is 43.5 Å². The minimum absolute atomic E-state index is 0.189. The fourth-order valence-electron chi connectivity index (χ4n) is 3.45. The molecule has 1 amide bonds. The number of aromatic nitrogens is 2. The molecule has 1 N–H and O–H groups in total. The lowest BCUT2D eigenvalue weighted by Crippen LogP contribution is -2.42. The molecule has 0 unspecified atom stereocenters. The van der Waals surface area contributed by atoms with E-state index in [9.17, 15) is 9.90 Å². The van der Waals surface area contributed by atoms with Gasteiger partial charge in [-0.2, -0.15) is 5.10 Å². The third kappa shape index (κ3) is 3.69. The van der Waals surface area contributed by atoms with Crippen molar-refractivity contribution in [2.24, 2.45) is 0 Å². The topological polar surface area (TPSA) is 67.6 Å². The van der Waals surface area contributed by atoms with Gasteiger partial charge in [0.25, 0.3) is 5.91 Å². The number of aryl methyl sites for hydroxylation is 1. The molecule has 6 heteroatoms. The minimum atomic E-state index is -0.757. The molecule has 0 radical (unpaired) electrons. The monoisotopic (exact) mass is 343 g/mol.